The average Bonchev–Trinajstić information content (AvgIpc) is 3.22. The molecule has 0 saturated heterocycles. The highest BCUT2D eigenvalue weighted by Gasteiger charge is 2.25. The lowest BCUT2D eigenvalue weighted by Crippen LogP contribution is -2.24. The molecular weight excluding hydrogens is 448 g/mol. The van der Waals surface area contributed by atoms with Gasteiger partial charge in [0.25, 0.3) is 5.91 Å². The van der Waals surface area contributed by atoms with E-state index < -0.39 is 5.97 Å². The molecule has 1 aliphatic rings. The molecule has 2 aromatic carbocycles. The van der Waals surface area contributed by atoms with Crippen LogP contribution in [0.4, 0.5) is 5.00 Å². The van der Waals surface area contributed by atoms with E-state index in [0.29, 0.717) is 30.2 Å². The van der Waals surface area contributed by atoms with Crippen molar-refractivity contribution in [3.63, 3.8) is 0 Å². The standard InChI is InChI=1S/C27H28N2O4S/c1-3-32-23-15-20(13-14-22(23)33-18(2)30)17-29-27-25(21-11-7-8-12-24(21)34-27)26(31)28-16-19-9-5-4-6-10-19/h4-6,9-10,13-15,17H,3,7-8,11-12,16H2,1-2H3,(H,28,31). The highest BCUT2D eigenvalue weighted by atomic mass is 32.1. The van der Waals surface area contributed by atoms with Crippen LogP contribution in [0.25, 0.3) is 0 Å². The Morgan fingerprint density at radius 2 is 1.88 bits per heavy atom. The molecule has 1 aliphatic carbocycles. The number of hydrogen-bond acceptors (Lipinski definition) is 6. The van der Waals surface area contributed by atoms with Gasteiger partial charge in [0.1, 0.15) is 5.00 Å². The zero-order valence-corrected chi connectivity index (χ0v) is 20.2. The van der Waals surface area contributed by atoms with E-state index in [-0.39, 0.29) is 5.91 Å². The maximum absolute atomic E-state index is 13.2. The Balaban J connectivity index is 1.60. The van der Waals surface area contributed by atoms with Crippen LogP contribution < -0.4 is 14.8 Å². The molecule has 34 heavy (non-hydrogen) atoms. The van der Waals surface area contributed by atoms with Gasteiger partial charge in [0, 0.05) is 24.6 Å². The van der Waals surface area contributed by atoms with Crippen molar-refractivity contribution >= 4 is 34.4 Å². The van der Waals surface area contributed by atoms with Gasteiger partial charge >= 0.3 is 5.97 Å². The normalized spacial score (nSPS) is 12.9. The van der Waals surface area contributed by atoms with Crippen LogP contribution >= 0.6 is 11.3 Å². The van der Waals surface area contributed by atoms with Gasteiger partial charge in [-0.15, -0.1) is 11.3 Å². The van der Waals surface area contributed by atoms with Crippen LogP contribution in [0, 0.1) is 0 Å². The number of carbonyl (C=O) groups is 2. The number of thiophene rings is 1. The van der Waals surface area contributed by atoms with E-state index in [1.165, 1.54) is 11.8 Å². The van der Waals surface area contributed by atoms with Gasteiger partial charge in [-0.25, -0.2) is 4.99 Å². The minimum atomic E-state index is -0.405. The first kappa shape index (κ1) is 23.7. The second-order valence-electron chi connectivity index (χ2n) is 8.05. The predicted octanol–water partition coefficient (Wildman–Crippen LogP) is 5.63. The third-order valence-electron chi connectivity index (χ3n) is 5.53. The molecule has 3 aromatic rings. The lowest BCUT2D eigenvalue weighted by molar-refractivity contribution is -0.132. The molecule has 4 rings (SSSR count). The van der Waals surface area contributed by atoms with Crippen molar-refractivity contribution in [3.8, 4) is 11.5 Å². The molecule has 1 aromatic heterocycles. The molecular formula is C27H28N2O4S. The fourth-order valence-corrected chi connectivity index (χ4v) is 5.22. The van der Waals surface area contributed by atoms with Gasteiger partial charge in [0.15, 0.2) is 11.5 Å². The Kier molecular flexibility index (Phi) is 7.75. The SMILES string of the molecule is CCOc1cc(C=Nc2sc3c(c2C(=O)NCc2ccccc2)CCCC3)ccc1OC(C)=O. The molecule has 0 bridgehead atoms. The van der Waals surface area contributed by atoms with Crippen molar-refractivity contribution in [1.82, 2.24) is 5.32 Å². The molecule has 0 saturated carbocycles. The molecule has 0 fully saturated rings. The molecule has 1 N–H and O–H groups in total. The number of rotatable bonds is 8. The first-order valence-corrected chi connectivity index (χ1v) is 12.3. The monoisotopic (exact) mass is 476 g/mol. The highest BCUT2D eigenvalue weighted by molar-refractivity contribution is 7.16. The summed E-state index contributed by atoms with van der Waals surface area (Å²) in [6.07, 6.45) is 5.84. The van der Waals surface area contributed by atoms with Gasteiger partial charge in [0.05, 0.1) is 12.2 Å². The summed E-state index contributed by atoms with van der Waals surface area (Å²) in [5, 5.41) is 3.79. The Hall–Kier alpha value is -3.45. The second kappa shape index (κ2) is 11.1. The fraction of sp³-hybridized carbons (Fsp3) is 0.296. The van der Waals surface area contributed by atoms with Crippen molar-refractivity contribution in [2.75, 3.05) is 6.61 Å². The lowest BCUT2D eigenvalue weighted by atomic mass is 9.95. The smallest absolute Gasteiger partial charge is 0.308 e. The van der Waals surface area contributed by atoms with Gasteiger partial charge < -0.3 is 14.8 Å². The number of aliphatic imine (C=N–C) groups is 1. The number of ether oxygens (including phenoxy) is 2. The van der Waals surface area contributed by atoms with E-state index in [0.717, 1.165) is 47.4 Å². The Morgan fingerprint density at radius 1 is 1.09 bits per heavy atom. The summed E-state index contributed by atoms with van der Waals surface area (Å²) in [4.78, 5) is 30.6. The van der Waals surface area contributed by atoms with Crippen LogP contribution in [0.2, 0.25) is 0 Å². The number of esters is 1. The van der Waals surface area contributed by atoms with Crippen molar-refractivity contribution in [1.29, 1.82) is 0 Å². The summed E-state index contributed by atoms with van der Waals surface area (Å²) in [5.41, 5.74) is 3.67. The highest BCUT2D eigenvalue weighted by Crippen LogP contribution is 2.40. The third kappa shape index (κ3) is 5.72. The molecule has 0 unspecified atom stereocenters. The summed E-state index contributed by atoms with van der Waals surface area (Å²) in [6, 6.07) is 15.2. The van der Waals surface area contributed by atoms with E-state index in [4.69, 9.17) is 14.5 Å². The number of nitrogens with one attached hydrogen (secondary N) is 1. The van der Waals surface area contributed by atoms with Gasteiger partial charge in [-0.1, -0.05) is 30.3 Å². The van der Waals surface area contributed by atoms with Gasteiger partial charge in [0.2, 0.25) is 0 Å². The third-order valence-corrected chi connectivity index (χ3v) is 6.73. The van der Waals surface area contributed by atoms with Crippen LogP contribution in [0.1, 0.15) is 58.6 Å². The minimum Gasteiger partial charge on any atom is -0.490 e. The number of amides is 1. The zero-order chi connectivity index (χ0) is 23.9. The summed E-state index contributed by atoms with van der Waals surface area (Å²) >= 11 is 1.60. The van der Waals surface area contributed by atoms with Gasteiger partial charge in [-0.05, 0) is 67.5 Å². The Morgan fingerprint density at radius 3 is 2.65 bits per heavy atom. The number of hydrogen-bond donors (Lipinski definition) is 1. The van der Waals surface area contributed by atoms with E-state index in [1.807, 2.05) is 43.3 Å². The van der Waals surface area contributed by atoms with E-state index in [1.54, 1.807) is 29.7 Å². The average molecular weight is 477 g/mol. The van der Waals surface area contributed by atoms with Crippen LogP contribution in [0.15, 0.2) is 53.5 Å². The van der Waals surface area contributed by atoms with Crippen LogP contribution in [0.5, 0.6) is 11.5 Å². The maximum atomic E-state index is 13.2. The van der Waals surface area contributed by atoms with E-state index in [9.17, 15) is 9.59 Å². The second-order valence-corrected chi connectivity index (χ2v) is 9.13. The molecule has 7 heteroatoms. The molecule has 0 radical (unpaired) electrons. The lowest BCUT2D eigenvalue weighted by Gasteiger charge is -2.13. The number of carbonyl (C=O) groups excluding carboxylic acids is 2. The topological polar surface area (TPSA) is 77.0 Å². The van der Waals surface area contributed by atoms with Crippen molar-refractivity contribution < 1.29 is 19.1 Å². The first-order valence-electron chi connectivity index (χ1n) is 11.5. The van der Waals surface area contributed by atoms with E-state index in [2.05, 4.69) is 5.32 Å². The summed E-state index contributed by atoms with van der Waals surface area (Å²) in [7, 11) is 0. The molecule has 176 valence electrons. The molecule has 0 spiro atoms. The summed E-state index contributed by atoms with van der Waals surface area (Å²) in [6.45, 7) is 4.14. The number of benzene rings is 2. The maximum Gasteiger partial charge on any atom is 0.308 e. The molecule has 0 atom stereocenters. The van der Waals surface area contributed by atoms with Crippen LogP contribution in [-0.2, 0) is 24.2 Å². The number of fused-ring (bicyclic) bond motifs is 1. The van der Waals surface area contributed by atoms with Crippen LogP contribution in [-0.4, -0.2) is 24.7 Å². The van der Waals surface area contributed by atoms with Crippen molar-refractivity contribution in [2.24, 2.45) is 4.99 Å². The Labute approximate surface area is 203 Å². The summed E-state index contributed by atoms with van der Waals surface area (Å²) < 4.78 is 10.9. The molecule has 1 heterocycles. The van der Waals surface area contributed by atoms with Gasteiger partial charge in [-0.3, -0.25) is 9.59 Å². The van der Waals surface area contributed by atoms with Crippen molar-refractivity contribution in [2.45, 2.75) is 46.1 Å². The molecule has 0 aliphatic heterocycles. The quantitative estimate of drug-likeness (QED) is 0.260. The first-order chi connectivity index (χ1) is 16.5. The fourth-order valence-electron chi connectivity index (χ4n) is 3.99. The largest absolute Gasteiger partial charge is 0.490 e. The van der Waals surface area contributed by atoms with E-state index >= 15 is 0 Å². The number of nitrogens with zero attached hydrogens (tertiary/aromatic N) is 1. The molecule has 6 nitrogen and oxygen atoms in total. The number of aryl methyl sites for hydroxylation is 1. The minimum absolute atomic E-state index is 0.0874. The molecule has 1 amide bonds. The van der Waals surface area contributed by atoms with Crippen molar-refractivity contribution in [3.05, 3.63) is 75.7 Å². The Bertz CT molecular complexity index is 1200. The van der Waals surface area contributed by atoms with Gasteiger partial charge in [-0.2, -0.15) is 0 Å². The van der Waals surface area contributed by atoms with Crippen LogP contribution in [0.3, 0.4) is 0 Å². The summed E-state index contributed by atoms with van der Waals surface area (Å²) in [5.74, 6) is 0.361. The zero-order valence-electron chi connectivity index (χ0n) is 19.4. The predicted molar refractivity (Wildman–Crippen MR) is 135 cm³/mol.